The van der Waals surface area contributed by atoms with E-state index in [1.807, 2.05) is 61.5 Å². The maximum atomic E-state index is 10.4. The molecule has 8 heteroatoms. The third-order valence-corrected chi connectivity index (χ3v) is 6.72. The summed E-state index contributed by atoms with van der Waals surface area (Å²) >= 11 is 7.62. The molecule has 2 heterocycles. The van der Waals surface area contributed by atoms with Crippen LogP contribution in [0.5, 0.6) is 0 Å². The van der Waals surface area contributed by atoms with E-state index in [0.29, 0.717) is 10.1 Å². The third-order valence-electron chi connectivity index (χ3n) is 5.20. The first-order valence-corrected chi connectivity index (χ1v) is 10.9. The standard InChI is InChI=1S/C22H23ClN2O4S/c1-12-17(13-7-3-2-4-8-13)18(25-15-10-6-5-9-14(15)23)21(24-12)30-22-20(28)19(27)16(11-26)29-22/h2-10,16,18-20,22,25-28H,11H2,1H3/t16-,18?,19-,20-,22+/m1/s1. The molecule has 6 nitrogen and oxygen atoms in total. The molecule has 4 rings (SSSR count). The summed E-state index contributed by atoms with van der Waals surface area (Å²) in [5.41, 5.74) is 2.90. The zero-order chi connectivity index (χ0) is 21.3. The first kappa shape index (κ1) is 21.4. The second kappa shape index (κ2) is 9.09. The number of aliphatic hydroxyl groups is 3. The van der Waals surface area contributed by atoms with Crippen LogP contribution in [0, 0.1) is 0 Å². The van der Waals surface area contributed by atoms with Gasteiger partial charge in [-0.25, -0.2) is 4.99 Å². The molecule has 2 aliphatic rings. The van der Waals surface area contributed by atoms with Gasteiger partial charge in [0.2, 0.25) is 0 Å². The Morgan fingerprint density at radius 2 is 1.77 bits per heavy atom. The predicted octanol–water partition coefficient (Wildman–Crippen LogP) is 3.14. The number of rotatable bonds is 5. The monoisotopic (exact) mass is 446 g/mol. The molecule has 0 spiro atoms. The Morgan fingerprint density at radius 1 is 1.07 bits per heavy atom. The van der Waals surface area contributed by atoms with Crippen LogP contribution in [-0.2, 0) is 4.74 Å². The fourth-order valence-electron chi connectivity index (χ4n) is 3.66. The number of hydrogen-bond acceptors (Lipinski definition) is 7. The van der Waals surface area contributed by atoms with E-state index >= 15 is 0 Å². The molecule has 1 unspecified atom stereocenters. The highest BCUT2D eigenvalue weighted by Gasteiger charge is 2.45. The highest BCUT2D eigenvalue weighted by molar-refractivity contribution is 8.14. The highest BCUT2D eigenvalue weighted by atomic mass is 35.5. The predicted molar refractivity (Wildman–Crippen MR) is 121 cm³/mol. The van der Waals surface area contributed by atoms with Crippen molar-refractivity contribution in [1.29, 1.82) is 0 Å². The normalized spacial score (nSPS) is 28.7. The van der Waals surface area contributed by atoms with E-state index in [2.05, 4.69) is 5.32 Å². The van der Waals surface area contributed by atoms with Crippen molar-refractivity contribution in [2.24, 2.45) is 4.99 Å². The number of halogens is 1. The van der Waals surface area contributed by atoms with Crippen LogP contribution in [0.1, 0.15) is 12.5 Å². The van der Waals surface area contributed by atoms with E-state index in [0.717, 1.165) is 22.5 Å². The third kappa shape index (κ3) is 4.14. The summed E-state index contributed by atoms with van der Waals surface area (Å²) < 4.78 is 5.66. The van der Waals surface area contributed by atoms with Crippen LogP contribution in [0.4, 0.5) is 5.69 Å². The van der Waals surface area contributed by atoms with Gasteiger partial charge in [-0.1, -0.05) is 65.8 Å². The van der Waals surface area contributed by atoms with Crippen molar-refractivity contribution in [1.82, 2.24) is 0 Å². The molecule has 0 amide bonds. The number of nitrogens with zero attached hydrogens (tertiary/aromatic N) is 1. The van der Waals surface area contributed by atoms with Gasteiger partial charge in [0.25, 0.3) is 0 Å². The molecule has 0 saturated carbocycles. The first-order valence-electron chi connectivity index (χ1n) is 9.64. The molecule has 4 N–H and O–H groups in total. The van der Waals surface area contributed by atoms with E-state index in [1.54, 1.807) is 0 Å². The molecular formula is C22H23ClN2O4S. The zero-order valence-corrected chi connectivity index (χ0v) is 17.8. The molecule has 2 aromatic rings. The lowest BCUT2D eigenvalue weighted by Crippen LogP contribution is -2.34. The van der Waals surface area contributed by atoms with Crippen molar-refractivity contribution in [3.05, 3.63) is 70.9 Å². The number of aliphatic imine (C=N–C) groups is 1. The van der Waals surface area contributed by atoms with Crippen LogP contribution in [-0.4, -0.2) is 56.8 Å². The van der Waals surface area contributed by atoms with Crippen molar-refractivity contribution < 1.29 is 20.1 Å². The number of nitrogens with one attached hydrogen (secondary N) is 1. The second-order valence-electron chi connectivity index (χ2n) is 7.20. The Balaban J connectivity index is 1.64. The topological polar surface area (TPSA) is 94.3 Å². The van der Waals surface area contributed by atoms with Crippen molar-refractivity contribution >= 4 is 39.7 Å². The molecule has 0 radical (unpaired) electrons. The minimum atomic E-state index is -1.15. The molecule has 5 atom stereocenters. The van der Waals surface area contributed by atoms with Gasteiger partial charge in [0.15, 0.2) is 0 Å². The molecule has 158 valence electrons. The van der Waals surface area contributed by atoms with Crippen LogP contribution in [0.15, 0.2) is 65.3 Å². The van der Waals surface area contributed by atoms with E-state index in [1.165, 1.54) is 11.8 Å². The minimum Gasteiger partial charge on any atom is -0.394 e. The summed E-state index contributed by atoms with van der Waals surface area (Å²) in [5.74, 6) is 0. The largest absolute Gasteiger partial charge is 0.394 e. The number of thioether (sulfide) groups is 1. The van der Waals surface area contributed by atoms with E-state index < -0.39 is 23.7 Å². The molecular weight excluding hydrogens is 424 g/mol. The fourth-order valence-corrected chi connectivity index (χ4v) is 5.09. The maximum Gasteiger partial charge on any atom is 0.138 e. The minimum absolute atomic E-state index is 0.307. The Kier molecular flexibility index (Phi) is 6.48. The smallest absolute Gasteiger partial charge is 0.138 e. The van der Waals surface area contributed by atoms with E-state index in [-0.39, 0.29) is 12.6 Å². The number of hydrogen-bond donors (Lipinski definition) is 4. The number of anilines is 1. The quantitative estimate of drug-likeness (QED) is 0.563. The van der Waals surface area contributed by atoms with Gasteiger partial charge in [-0.15, -0.1) is 0 Å². The fraction of sp³-hybridized carbons (Fsp3) is 0.318. The van der Waals surface area contributed by atoms with E-state index in [4.69, 9.17) is 21.3 Å². The van der Waals surface area contributed by atoms with Gasteiger partial charge in [-0.05, 0) is 24.6 Å². The average Bonchev–Trinajstić information content (AvgIpc) is 3.20. The van der Waals surface area contributed by atoms with Crippen molar-refractivity contribution in [2.75, 3.05) is 11.9 Å². The summed E-state index contributed by atoms with van der Waals surface area (Å²) in [6.45, 7) is 1.57. The van der Waals surface area contributed by atoms with Crippen LogP contribution in [0.2, 0.25) is 5.02 Å². The summed E-state index contributed by atoms with van der Waals surface area (Å²) in [7, 11) is 0. The zero-order valence-electron chi connectivity index (χ0n) is 16.3. The highest BCUT2D eigenvalue weighted by Crippen LogP contribution is 2.40. The summed E-state index contributed by atoms with van der Waals surface area (Å²) in [6, 6.07) is 17.1. The van der Waals surface area contributed by atoms with Crippen LogP contribution in [0.25, 0.3) is 5.57 Å². The lowest BCUT2D eigenvalue weighted by molar-refractivity contribution is -0.00801. The number of ether oxygens (including phenoxy) is 1. The molecule has 1 fully saturated rings. The SMILES string of the molecule is CC1=C(c2ccccc2)C(Nc2ccccc2Cl)C(S[C@@H]2O[C@H](CO)[C@@H](O)[C@H]2O)=N1. The first-order chi connectivity index (χ1) is 14.5. The number of para-hydroxylation sites is 1. The molecule has 0 bridgehead atoms. The molecule has 0 aromatic heterocycles. The average molecular weight is 447 g/mol. The van der Waals surface area contributed by atoms with Crippen molar-refractivity contribution in [3.8, 4) is 0 Å². The number of allylic oxidation sites excluding steroid dienone is 1. The molecule has 30 heavy (non-hydrogen) atoms. The van der Waals surface area contributed by atoms with Gasteiger partial charge in [-0.3, -0.25) is 0 Å². The van der Waals surface area contributed by atoms with Gasteiger partial charge in [-0.2, -0.15) is 0 Å². The summed E-state index contributed by atoms with van der Waals surface area (Å²) in [5, 5.41) is 34.6. The van der Waals surface area contributed by atoms with Crippen LogP contribution in [0.3, 0.4) is 0 Å². The summed E-state index contributed by atoms with van der Waals surface area (Å²) in [6.07, 6.45) is -3.10. The molecule has 1 saturated heterocycles. The summed E-state index contributed by atoms with van der Waals surface area (Å²) in [4.78, 5) is 4.75. The van der Waals surface area contributed by atoms with Crippen LogP contribution >= 0.6 is 23.4 Å². The van der Waals surface area contributed by atoms with Crippen LogP contribution < -0.4 is 5.32 Å². The molecule has 2 aliphatic heterocycles. The Hall–Kier alpha value is -1.87. The van der Waals surface area contributed by atoms with Crippen molar-refractivity contribution in [3.63, 3.8) is 0 Å². The van der Waals surface area contributed by atoms with Gasteiger partial charge < -0.3 is 25.4 Å². The Morgan fingerprint density at radius 3 is 2.43 bits per heavy atom. The lowest BCUT2D eigenvalue weighted by atomic mass is 9.99. The maximum absolute atomic E-state index is 10.4. The van der Waals surface area contributed by atoms with Gasteiger partial charge in [0, 0.05) is 11.3 Å². The number of aliphatic hydroxyl groups excluding tert-OH is 3. The van der Waals surface area contributed by atoms with Crippen molar-refractivity contribution in [2.45, 2.75) is 36.7 Å². The molecule has 2 aromatic carbocycles. The Bertz CT molecular complexity index is 969. The second-order valence-corrected chi connectivity index (χ2v) is 8.72. The van der Waals surface area contributed by atoms with Gasteiger partial charge in [0.1, 0.15) is 34.8 Å². The van der Waals surface area contributed by atoms with E-state index in [9.17, 15) is 15.3 Å². The Labute approximate surface area is 184 Å². The number of benzene rings is 2. The van der Waals surface area contributed by atoms with Gasteiger partial charge in [0.05, 0.1) is 17.3 Å². The lowest BCUT2D eigenvalue weighted by Gasteiger charge is -2.23. The molecule has 0 aliphatic carbocycles. The van der Waals surface area contributed by atoms with Gasteiger partial charge >= 0.3 is 0 Å².